The summed E-state index contributed by atoms with van der Waals surface area (Å²) in [4.78, 5) is 4.03. The van der Waals surface area contributed by atoms with Crippen LogP contribution >= 0.6 is 0 Å². The van der Waals surface area contributed by atoms with Gasteiger partial charge in [-0.05, 0) is 19.1 Å². The fraction of sp³-hybridized carbons (Fsp3) is 0.267. The number of anilines is 1. The highest BCUT2D eigenvalue weighted by atomic mass is 16.5. The molecular formula is C15H18N2O3. The van der Waals surface area contributed by atoms with Gasteiger partial charge in [0.25, 0.3) is 0 Å². The molecule has 0 saturated heterocycles. The molecule has 20 heavy (non-hydrogen) atoms. The average molecular weight is 274 g/mol. The number of pyridine rings is 1. The van der Waals surface area contributed by atoms with Gasteiger partial charge in [-0.1, -0.05) is 6.07 Å². The maximum Gasteiger partial charge on any atom is 0.142 e. The standard InChI is InChI=1S/C15H18N2O3/c1-10-15(19)14(11(9-18)7-16-10)8-17-12-4-3-5-13(6-12)20-2/h3-7,17-19H,8-9H2,1-2H3. The first kappa shape index (κ1) is 14.1. The Morgan fingerprint density at radius 1 is 1.35 bits per heavy atom. The van der Waals surface area contributed by atoms with Crippen LogP contribution in [0.5, 0.6) is 11.5 Å². The van der Waals surface area contributed by atoms with Gasteiger partial charge in [-0.3, -0.25) is 4.98 Å². The van der Waals surface area contributed by atoms with Gasteiger partial charge in [0.1, 0.15) is 11.5 Å². The number of nitrogens with one attached hydrogen (secondary N) is 1. The second-order valence-electron chi connectivity index (χ2n) is 4.44. The molecule has 0 bridgehead atoms. The van der Waals surface area contributed by atoms with Crippen LogP contribution in [-0.2, 0) is 13.2 Å². The van der Waals surface area contributed by atoms with E-state index in [2.05, 4.69) is 10.3 Å². The van der Waals surface area contributed by atoms with E-state index in [-0.39, 0.29) is 12.4 Å². The maximum atomic E-state index is 10.0. The molecule has 0 atom stereocenters. The van der Waals surface area contributed by atoms with Crippen molar-refractivity contribution >= 4 is 5.69 Å². The minimum Gasteiger partial charge on any atom is -0.506 e. The van der Waals surface area contributed by atoms with E-state index >= 15 is 0 Å². The molecule has 0 radical (unpaired) electrons. The van der Waals surface area contributed by atoms with Gasteiger partial charge < -0.3 is 20.3 Å². The summed E-state index contributed by atoms with van der Waals surface area (Å²) in [5.74, 6) is 0.874. The molecule has 2 aromatic rings. The molecule has 1 heterocycles. The van der Waals surface area contributed by atoms with Gasteiger partial charge in [-0.25, -0.2) is 0 Å². The molecular weight excluding hydrogens is 256 g/mol. The molecule has 0 aliphatic heterocycles. The normalized spacial score (nSPS) is 10.3. The zero-order chi connectivity index (χ0) is 14.5. The van der Waals surface area contributed by atoms with Crippen LogP contribution in [0.1, 0.15) is 16.8 Å². The Hall–Kier alpha value is -2.27. The molecule has 0 unspecified atom stereocenters. The number of aryl methyl sites for hydroxylation is 1. The number of aliphatic hydroxyl groups is 1. The van der Waals surface area contributed by atoms with Crippen LogP contribution in [0.25, 0.3) is 0 Å². The molecule has 2 rings (SSSR count). The molecule has 0 saturated carbocycles. The van der Waals surface area contributed by atoms with E-state index < -0.39 is 0 Å². The van der Waals surface area contributed by atoms with E-state index in [1.54, 1.807) is 20.2 Å². The van der Waals surface area contributed by atoms with Crippen LogP contribution < -0.4 is 10.1 Å². The summed E-state index contributed by atoms with van der Waals surface area (Å²) in [6, 6.07) is 7.51. The highest BCUT2D eigenvalue weighted by Crippen LogP contribution is 2.25. The summed E-state index contributed by atoms with van der Waals surface area (Å²) in [6.45, 7) is 1.97. The highest BCUT2D eigenvalue weighted by molar-refractivity contribution is 5.50. The summed E-state index contributed by atoms with van der Waals surface area (Å²) in [6.07, 6.45) is 1.58. The van der Waals surface area contributed by atoms with Crippen molar-refractivity contribution in [3.63, 3.8) is 0 Å². The number of hydrogen-bond acceptors (Lipinski definition) is 5. The molecule has 0 aliphatic carbocycles. The molecule has 106 valence electrons. The molecule has 1 aromatic heterocycles. The predicted molar refractivity (Wildman–Crippen MR) is 76.9 cm³/mol. The minimum absolute atomic E-state index is 0.118. The van der Waals surface area contributed by atoms with Gasteiger partial charge in [-0.15, -0.1) is 0 Å². The van der Waals surface area contributed by atoms with Crippen LogP contribution in [0.15, 0.2) is 30.5 Å². The molecule has 0 amide bonds. The van der Waals surface area contributed by atoms with Gasteiger partial charge in [0, 0.05) is 35.6 Å². The van der Waals surface area contributed by atoms with Crippen molar-refractivity contribution in [1.82, 2.24) is 4.98 Å². The lowest BCUT2D eigenvalue weighted by Crippen LogP contribution is -2.05. The number of methoxy groups -OCH3 is 1. The Balaban J connectivity index is 2.20. The molecule has 3 N–H and O–H groups in total. The lowest BCUT2D eigenvalue weighted by molar-refractivity contribution is 0.279. The van der Waals surface area contributed by atoms with E-state index in [0.717, 1.165) is 11.4 Å². The third-order valence-electron chi connectivity index (χ3n) is 3.14. The minimum atomic E-state index is -0.157. The average Bonchev–Trinajstić information content (AvgIpc) is 2.49. The fourth-order valence-electron chi connectivity index (χ4n) is 1.94. The summed E-state index contributed by atoms with van der Waals surface area (Å²) in [5.41, 5.74) is 2.69. The van der Waals surface area contributed by atoms with Crippen molar-refractivity contribution < 1.29 is 14.9 Å². The third-order valence-corrected chi connectivity index (χ3v) is 3.14. The van der Waals surface area contributed by atoms with Crippen molar-refractivity contribution in [2.75, 3.05) is 12.4 Å². The second-order valence-corrected chi connectivity index (χ2v) is 4.44. The third kappa shape index (κ3) is 3.00. The van der Waals surface area contributed by atoms with Crippen molar-refractivity contribution in [2.45, 2.75) is 20.1 Å². The zero-order valence-electron chi connectivity index (χ0n) is 11.6. The van der Waals surface area contributed by atoms with E-state index in [0.29, 0.717) is 23.4 Å². The monoisotopic (exact) mass is 274 g/mol. The van der Waals surface area contributed by atoms with Gasteiger partial charge in [-0.2, -0.15) is 0 Å². The number of aromatic hydroxyl groups is 1. The lowest BCUT2D eigenvalue weighted by Gasteiger charge is -2.13. The first-order chi connectivity index (χ1) is 9.65. The van der Waals surface area contributed by atoms with Crippen LogP contribution in [0.4, 0.5) is 5.69 Å². The van der Waals surface area contributed by atoms with Crippen LogP contribution in [-0.4, -0.2) is 22.3 Å². The number of rotatable bonds is 5. The van der Waals surface area contributed by atoms with Crippen molar-refractivity contribution in [3.05, 3.63) is 47.3 Å². The van der Waals surface area contributed by atoms with E-state index in [1.807, 2.05) is 24.3 Å². The van der Waals surface area contributed by atoms with Gasteiger partial charge >= 0.3 is 0 Å². The van der Waals surface area contributed by atoms with Crippen LogP contribution in [0.2, 0.25) is 0 Å². The first-order valence-corrected chi connectivity index (χ1v) is 6.30. The fourth-order valence-corrected chi connectivity index (χ4v) is 1.94. The Kier molecular flexibility index (Phi) is 4.42. The quantitative estimate of drug-likeness (QED) is 0.779. The topological polar surface area (TPSA) is 74.6 Å². The summed E-state index contributed by atoms with van der Waals surface area (Å²) >= 11 is 0. The van der Waals surface area contributed by atoms with Crippen LogP contribution in [0, 0.1) is 6.92 Å². The largest absolute Gasteiger partial charge is 0.506 e. The number of ether oxygens (including phenoxy) is 1. The van der Waals surface area contributed by atoms with E-state index in [4.69, 9.17) is 4.74 Å². The Morgan fingerprint density at radius 3 is 2.85 bits per heavy atom. The summed E-state index contributed by atoms with van der Waals surface area (Å²) < 4.78 is 5.16. The number of nitrogens with zero attached hydrogens (tertiary/aromatic N) is 1. The van der Waals surface area contributed by atoms with Gasteiger partial charge in [0.2, 0.25) is 0 Å². The van der Waals surface area contributed by atoms with Crippen molar-refractivity contribution in [3.8, 4) is 11.5 Å². The van der Waals surface area contributed by atoms with Gasteiger partial charge in [0.05, 0.1) is 19.4 Å². The molecule has 0 fully saturated rings. The van der Waals surface area contributed by atoms with Gasteiger partial charge in [0.15, 0.2) is 0 Å². The number of hydrogen-bond donors (Lipinski definition) is 3. The molecule has 5 heteroatoms. The number of aliphatic hydroxyl groups excluding tert-OH is 1. The highest BCUT2D eigenvalue weighted by Gasteiger charge is 2.11. The van der Waals surface area contributed by atoms with Crippen molar-refractivity contribution in [2.24, 2.45) is 0 Å². The van der Waals surface area contributed by atoms with E-state index in [9.17, 15) is 10.2 Å². The number of benzene rings is 1. The first-order valence-electron chi connectivity index (χ1n) is 6.30. The molecule has 0 aliphatic rings. The zero-order valence-corrected chi connectivity index (χ0v) is 11.6. The predicted octanol–water partition coefficient (Wildman–Crippen LogP) is 2.21. The molecule has 0 spiro atoms. The second kappa shape index (κ2) is 6.25. The Labute approximate surface area is 117 Å². The molecule has 1 aromatic carbocycles. The maximum absolute atomic E-state index is 10.0. The van der Waals surface area contributed by atoms with Crippen LogP contribution in [0.3, 0.4) is 0 Å². The molecule has 5 nitrogen and oxygen atoms in total. The SMILES string of the molecule is COc1cccc(NCc2c(CO)cnc(C)c2O)c1. The lowest BCUT2D eigenvalue weighted by atomic mass is 10.1. The van der Waals surface area contributed by atoms with Crippen molar-refractivity contribution in [1.29, 1.82) is 0 Å². The number of aromatic nitrogens is 1. The smallest absolute Gasteiger partial charge is 0.142 e. The Bertz CT molecular complexity index is 600. The summed E-state index contributed by atoms with van der Waals surface area (Å²) in [5, 5.41) is 22.6. The summed E-state index contributed by atoms with van der Waals surface area (Å²) in [7, 11) is 1.61. The Morgan fingerprint density at radius 2 is 2.15 bits per heavy atom. The van der Waals surface area contributed by atoms with E-state index in [1.165, 1.54) is 0 Å².